The van der Waals surface area contributed by atoms with E-state index >= 15 is 0 Å². The maximum absolute atomic E-state index is 5.31. The van der Waals surface area contributed by atoms with E-state index in [1.165, 1.54) is 10.8 Å². The van der Waals surface area contributed by atoms with Crippen LogP contribution in [0.4, 0.5) is 28.7 Å². The third-order valence-corrected chi connectivity index (χ3v) is 8.25. The molecule has 1 aromatic heterocycles. The van der Waals surface area contributed by atoms with Gasteiger partial charge < -0.3 is 0 Å². The number of fused-ring (bicyclic) bond motifs is 4. The molecule has 5 heteroatoms. The number of para-hydroxylation sites is 6. The number of hydrogen-bond acceptors (Lipinski definition) is 5. The summed E-state index contributed by atoms with van der Waals surface area (Å²) in [7, 11) is 0. The van der Waals surface area contributed by atoms with Gasteiger partial charge in [0.15, 0.2) is 0 Å². The van der Waals surface area contributed by atoms with Crippen molar-refractivity contribution in [2.24, 2.45) is 4.99 Å². The lowest BCUT2D eigenvalue weighted by Crippen LogP contribution is -2.31. The lowest BCUT2D eigenvalue weighted by molar-refractivity contribution is 0.917. The van der Waals surface area contributed by atoms with Gasteiger partial charge in [-0.15, -0.1) is 0 Å². The molecule has 0 fully saturated rings. The van der Waals surface area contributed by atoms with Crippen LogP contribution in [0.25, 0.3) is 28.1 Å². The Morgan fingerprint density at radius 2 is 1.28 bits per heavy atom. The van der Waals surface area contributed by atoms with Crippen LogP contribution in [-0.2, 0) is 0 Å². The van der Waals surface area contributed by atoms with Gasteiger partial charge in [-0.2, -0.15) is 0 Å². The zero-order valence-electron chi connectivity index (χ0n) is 23.9. The SMILES string of the molecule is CC1=C(N2c3ccccc3N(c3ncc4cccc(-c5ccccc5)c4n3)c3ccccc32)N=c2ccccc2=CCC1. The Morgan fingerprint density at radius 1 is 0.628 bits per heavy atom. The normalized spacial score (nSPS) is 14.2. The first-order valence-electron chi connectivity index (χ1n) is 14.7. The molecule has 0 N–H and O–H groups in total. The predicted octanol–water partition coefficient (Wildman–Crippen LogP) is 8.34. The average molecular weight is 556 g/mol. The fraction of sp³-hybridized carbons (Fsp3) is 0.0789. The Kier molecular flexibility index (Phi) is 6.08. The largest absolute Gasteiger partial charge is 0.291 e. The van der Waals surface area contributed by atoms with Crippen LogP contribution < -0.4 is 20.4 Å². The molecule has 206 valence electrons. The Bertz CT molecular complexity index is 2120. The van der Waals surface area contributed by atoms with Crippen molar-refractivity contribution in [3.05, 3.63) is 149 Å². The molecule has 0 bridgehead atoms. The molecule has 43 heavy (non-hydrogen) atoms. The van der Waals surface area contributed by atoms with Crippen molar-refractivity contribution in [3.8, 4) is 11.1 Å². The second-order valence-corrected chi connectivity index (χ2v) is 10.9. The zero-order chi connectivity index (χ0) is 28.8. The first kappa shape index (κ1) is 25.2. The summed E-state index contributed by atoms with van der Waals surface area (Å²) in [6.07, 6.45) is 6.14. The summed E-state index contributed by atoms with van der Waals surface area (Å²) in [5, 5.41) is 3.17. The summed E-state index contributed by atoms with van der Waals surface area (Å²) >= 11 is 0. The van der Waals surface area contributed by atoms with Gasteiger partial charge in [-0.1, -0.05) is 97.1 Å². The Morgan fingerprint density at radius 3 is 2.02 bits per heavy atom. The molecule has 5 aromatic carbocycles. The summed E-state index contributed by atoms with van der Waals surface area (Å²) in [6, 6.07) is 42.1. The average Bonchev–Trinajstić information content (AvgIpc) is 3.06. The van der Waals surface area contributed by atoms with Gasteiger partial charge in [0.25, 0.3) is 0 Å². The molecule has 3 heterocycles. The monoisotopic (exact) mass is 555 g/mol. The van der Waals surface area contributed by atoms with Crippen LogP contribution in [0, 0.1) is 0 Å². The topological polar surface area (TPSA) is 44.6 Å². The van der Waals surface area contributed by atoms with Gasteiger partial charge in [-0.05, 0) is 66.5 Å². The van der Waals surface area contributed by atoms with Crippen molar-refractivity contribution < 1.29 is 0 Å². The predicted molar refractivity (Wildman–Crippen MR) is 175 cm³/mol. The van der Waals surface area contributed by atoms with Crippen molar-refractivity contribution in [3.63, 3.8) is 0 Å². The highest BCUT2D eigenvalue weighted by Crippen LogP contribution is 2.52. The van der Waals surface area contributed by atoms with Crippen LogP contribution in [0.2, 0.25) is 0 Å². The second-order valence-electron chi connectivity index (χ2n) is 10.9. The molecule has 2 aliphatic rings. The van der Waals surface area contributed by atoms with Gasteiger partial charge in [0.2, 0.25) is 5.95 Å². The van der Waals surface area contributed by atoms with E-state index in [1.807, 2.05) is 12.3 Å². The van der Waals surface area contributed by atoms with Crippen molar-refractivity contribution in [1.29, 1.82) is 0 Å². The second kappa shape index (κ2) is 10.4. The molecule has 0 amide bonds. The Hall–Kier alpha value is -5.55. The molecule has 0 saturated carbocycles. The number of nitrogens with zero attached hydrogens (tertiary/aromatic N) is 5. The van der Waals surface area contributed by atoms with Gasteiger partial charge in [0, 0.05) is 17.1 Å². The molecule has 0 radical (unpaired) electrons. The van der Waals surface area contributed by atoms with Gasteiger partial charge in [0.05, 0.1) is 33.6 Å². The Balaban J connectivity index is 1.35. The summed E-state index contributed by atoms with van der Waals surface area (Å²) in [5.41, 5.74) is 8.50. The highest BCUT2D eigenvalue weighted by Gasteiger charge is 2.33. The number of rotatable bonds is 3. The molecule has 0 aliphatic carbocycles. The summed E-state index contributed by atoms with van der Waals surface area (Å²) in [4.78, 5) is 20.0. The fourth-order valence-corrected chi connectivity index (χ4v) is 6.16. The minimum Gasteiger partial charge on any atom is -0.291 e. The first-order chi connectivity index (χ1) is 21.3. The lowest BCUT2D eigenvalue weighted by atomic mass is 10.0. The molecule has 6 aromatic rings. The zero-order valence-corrected chi connectivity index (χ0v) is 23.9. The van der Waals surface area contributed by atoms with Crippen molar-refractivity contribution in [1.82, 2.24) is 9.97 Å². The molecule has 5 nitrogen and oxygen atoms in total. The van der Waals surface area contributed by atoms with Crippen LogP contribution in [0.15, 0.2) is 144 Å². The van der Waals surface area contributed by atoms with Gasteiger partial charge in [-0.25, -0.2) is 15.0 Å². The van der Waals surface area contributed by atoms with Crippen molar-refractivity contribution in [2.75, 3.05) is 9.80 Å². The van der Waals surface area contributed by atoms with E-state index < -0.39 is 0 Å². The Labute approximate surface area is 250 Å². The van der Waals surface area contributed by atoms with Crippen LogP contribution in [0.1, 0.15) is 19.8 Å². The third-order valence-electron chi connectivity index (χ3n) is 8.25. The van der Waals surface area contributed by atoms with Gasteiger partial charge in [-0.3, -0.25) is 9.80 Å². The van der Waals surface area contributed by atoms with Crippen molar-refractivity contribution >= 4 is 45.7 Å². The number of allylic oxidation sites excluding steroid dienone is 1. The number of aromatic nitrogens is 2. The van der Waals surface area contributed by atoms with E-state index in [1.54, 1.807) is 0 Å². The van der Waals surface area contributed by atoms with Crippen LogP contribution in [-0.4, -0.2) is 9.97 Å². The van der Waals surface area contributed by atoms with E-state index in [0.29, 0.717) is 5.95 Å². The highest BCUT2D eigenvalue weighted by molar-refractivity contribution is 6.00. The van der Waals surface area contributed by atoms with Gasteiger partial charge in [0.1, 0.15) is 5.82 Å². The molecular formula is C38H29N5. The van der Waals surface area contributed by atoms with E-state index in [2.05, 4.69) is 138 Å². The number of anilines is 5. The fourth-order valence-electron chi connectivity index (χ4n) is 6.16. The van der Waals surface area contributed by atoms with Crippen LogP contribution in [0.5, 0.6) is 0 Å². The van der Waals surface area contributed by atoms with Gasteiger partial charge >= 0.3 is 0 Å². The molecule has 0 atom stereocenters. The minimum atomic E-state index is 0.635. The quantitative estimate of drug-likeness (QED) is 0.220. The van der Waals surface area contributed by atoms with Crippen LogP contribution in [0.3, 0.4) is 0 Å². The highest BCUT2D eigenvalue weighted by atomic mass is 15.3. The van der Waals surface area contributed by atoms with E-state index in [0.717, 1.165) is 68.8 Å². The molecule has 2 aliphatic heterocycles. The minimum absolute atomic E-state index is 0.635. The molecular weight excluding hydrogens is 526 g/mol. The lowest BCUT2D eigenvalue weighted by Gasteiger charge is -2.39. The summed E-state index contributed by atoms with van der Waals surface area (Å²) in [5.74, 6) is 1.60. The standard InChI is InChI=1S/C38H29N5/c1-26-13-11-17-28-16-5-6-20-31(28)40-37(26)42-32-21-7-9-23-34(32)43(35-24-10-8-22-33(35)42)38-39-25-29-18-12-19-30(36(29)41-38)27-14-3-2-4-15-27/h2-10,12,14-25H,11,13H2,1H3. The maximum Gasteiger partial charge on any atom is 0.235 e. The number of benzene rings is 5. The first-order valence-corrected chi connectivity index (χ1v) is 14.7. The van der Waals surface area contributed by atoms with E-state index in [4.69, 9.17) is 15.0 Å². The van der Waals surface area contributed by atoms with Crippen molar-refractivity contribution in [2.45, 2.75) is 19.8 Å². The molecule has 0 spiro atoms. The number of hydrogen-bond donors (Lipinski definition) is 0. The van der Waals surface area contributed by atoms with E-state index in [9.17, 15) is 0 Å². The molecule has 0 saturated heterocycles. The van der Waals surface area contributed by atoms with E-state index in [-0.39, 0.29) is 0 Å². The summed E-state index contributed by atoms with van der Waals surface area (Å²) < 4.78 is 0. The summed E-state index contributed by atoms with van der Waals surface area (Å²) in [6.45, 7) is 2.20. The molecule has 8 rings (SSSR count). The smallest absolute Gasteiger partial charge is 0.235 e. The molecule has 0 unspecified atom stereocenters. The third kappa shape index (κ3) is 4.29. The van der Waals surface area contributed by atoms with Crippen LogP contribution >= 0.6 is 0 Å². The maximum atomic E-state index is 5.31.